The van der Waals surface area contributed by atoms with E-state index in [9.17, 15) is 4.79 Å². The van der Waals surface area contributed by atoms with Crippen LogP contribution in [0.4, 0.5) is 0 Å². The summed E-state index contributed by atoms with van der Waals surface area (Å²) in [4.78, 5) is 12.3. The molecule has 0 aromatic heterocycles. The maximum absolute atomic E-state index is 12.3. The van der Waals surface area contributed by atoms with E-state index in [4.69, 9.17) is 10.5 Å². The molecular weight excluding hydrogens is 240 g/mol. The monoisotopic (exact) mass is 268 g/mol. The fourth-order valence-corrected chi connectivity index (χ4v) is 3.42. The van der Waals surface area contributed by atoms with Crippen LogP contribution in [0.2, 0.25) is 0 Å². The van der Waals surface area contributed by atoms with Crippen molar-refractivity contribution >= 4 is 5.91 Å². The summed E-state index contributed by atoms with van der Waals surface area (Å²) in [5.41, 5.74) is 5.74. The van der Waals surface area contributed by atoms with Gasteiger partial charge in [0.05, 0.1) is 0 Å². The van der Waals surface area contributed by atoms with Gasteiger partial charge >= 0.3 is 0 Å². The zero-order chi connectivity index (χ0) is 13.7. The normalized spacial score (nSPS) is 30.8. The average molecular weight is 268 g/mol. The maximum atomic E-state index is 12.3. The molecule has 0 bridgehead atoms. The van der Waals surface area contributed by atoms with Crippen molar-refractivity contribution in [3.63, 3.8) is 0 Å². The van der Waals surface area contributed by atoms with Gasteiger partial charge in [0.2, 0.25) is 5.91 Å². The highest BCUT2D eigenvalue weighted by atomic mass is 16.5. The predicted octanol–water partition coefficient (Wildman–Crippen LogP) is 1.68. The molecule has 1 saturated heterocycles. The number of rotatable bonds is 4. The van der Waals surface area contributed by atoms with Gasteiger partial charge in [0.25, 0.3) is 0 Å². The van der Waals surface area contributed by atoms with Crippen LogP contribution in [0.3, 0.4) is 0 Å². The average Bonchev–Trinajstić information content (AvgIpc) is 2.48. The minimum absolute atomic E-state index is 0.185. The van der Waals surface area contributed by atoms with Gasteiger partial charge in [-0.15, -0.1) is 0 Å². The molecule has 0 aromatic rings. The van der Waals surface area contributed by atoms with E-state index in [-0.39, 0.29) is 17.9 Å². The van der Waals surface area contributed by atoms with Crippen molar-refractivity contribution in [3.05, 3.63) is 0 Å². The molecule has 19 heavy (non-hydrogen) atoms. The van der Waals surface area contributed by atoms with Crippen molar-refractivity contribution in [2.75, 3.05) is 19.8 Å². The van der Waals surface area contributed by atoms with Crippen molar-refractivity contribution in [1.82, 2.24) is 5.32 Å². The number of ether oxygens (including phenoxy) is 1. The van der Waals surface area contributed by atoms with Crippen molar-refractivity contribution in [2.24, 2.45) is 23.5 Å². The van der Waals surface area contributed by atoms with Crippen LogP contribution < -0.4 is 11.1 Å². The second-order valence-electron chi connectivity index (χ2n) is 6.21. The zero-order valence-corrected chi connectivity index (χ0v) is 12.1. The van der Waals surface area contributed by atoms with Gasteiger partial charge < -0.3 is 15.8 Å². The fraction of sp³-hybridized carbons (Fsp3) is 0.933. The number of carbonyl (C=O) groups is 1. The fourth-order valence-electron chi connectivity index (χ4n) is 3.42. The number of hydrogen-bond acceptors (Lipinski definition) is 3. The van der Waals surface area contributed by atoms with Crippen LogP contribution in [0.1, 0.15) is 45.4 Å². The molecule has 3 unspecified atom stereocenters. The van der Waals surface area contributed by atoms with Crippen molar-refractivity contribution in [3.8, 4) is 0 Å². The second-order valence-corrected chi connectivity index (χ2v) is 6.21. The molecule has 110 valence electrons. The lowest BCUT2D eigenvalue weighted by molar-refractivity contribution is -0.127. The van der Waals surface area contributed by atoms with Crippen LogP contribution in [-0.4, -0.2) is 31.7 Å². The van der Waals surface area contributed by atoms with E-state index >= 15 is 0 Å². The number of hydrogen-bond donors (Lipinski definition) is 2. The highest BCUT2D eigenvalue weighted by Gasteiger charge is 2.29. The zero-order valence-electron chi connectivity index (χ0n) is 12.1. The Kier molecular flexibility index (Phi) is 5.64. The largest absolute Gasteiger partial charge is 0.381 e. The summed E-state index contributed by atoms with van der Waals surface area (Å²) in [5.74, 6) is 1.55. The molecule has 1 aliphatic heterocycles. The molecule has 0 radical (unpaired) electrons. The quantitative estimate of drug-likeness (QED) is 0.815. The van der Waals surface area contributed by atoms with Gasteiger partial charge in [-0.05, 0) is 57.4 Å². The first kappa shape index (κ1) is 14.8. The smallest absolute Gasteiger partial charge is 0.223 e. The highest BCUT2D eigenvalue weighted by molar-refractivity contribution is 5.79. The maximum Gasteiger partial charge on any atom is 0.223 e. The van der Waals surface area contributed by atoms with Crippen molar-refractivity contribution in [2.45, 2.75) is 51.5 Å². The van der Waals surface area contributed by atoms with Crippen LogP contribution in [-0.2, 0) is 9.53 Å². The number of amides is 1. The third kappa shape index (κ3) is 4.18. The van der Waals surface area contributed by atoms with Gasteiger partial charge in [-0.2, -0.15) is 0 Å². The molecule has 2 rings (SSSR count). The highest BCUT2D eigenvalue weighted by Crippen LogP contribution is 2.29. The topological polar surface area (TPSA) is 64.4 Å². The van der Waals surface area contributed by atoms with Crippen molar-refractivity contribution < 1.29 is 9.53 Å². The van der Waals surface area contributed by atoms with Crippen LogP contribution in [0.5, 0.6) is 0 Å². The summed E-state index contributed by atoms with van der Waals surface area (Å²) in [7, 11) is 0. The minimum Gasteiger partial charge on any atom is -0.381 e. The standard InChI is InChI=1S/C15H28N2O2/c1-11(13-5-7-19-8-6-13)17-15(18)14-4-2-3-12(9-14)10-16/h11-14H,2-10,16H2,1H3,(H,17,18). The third-order valence-electron chi connectivity index (χ3n) is 4.83. The van der Waals surface area contributed by atoms with Gasteiger partial charge in [0.1, 0.15) is 0 Å². The van der Waals surface area contributed by atoms with Gasteiger partial charge in [0, 0.05) is 25.2 Å². The molecule has 3 atom stereocenters. The SMILES string of the molecule is CC(NC(=O)C1CCCC(CN)C1)C1CCOCC1. The Morgan fingerprint density at radius 1 is 1.32 bits per heavy atom. The summed E-state index contributed by atoms with van der Waals surface area (Å²) in [6.07, 6.45) is 6.47. The molecule has 1 heterocycles. The molecule has 2 fully saturated rings. The lowest BCUT2D eigenvalue weighted by Gasteiger charge is -2.32. The number of nitrogens with one attached hydrogen (secondary N) is 1. The third-order valence-corrected chi connectivity index (χ3v) is 4.83. The second kappa shape index (κ2) is 7.25. The molecule has 3 N–H and O–H groups in total. The molecule has 4 nitrogen and oxygen atoms in total. The number of carbonyl (C=O) groups excluding carboxylic acids is 1. The lowest BCUT2D eigenvalue weighted by Crippen LogP contribution is -2.44. The molecule has 0 spiro atoms. The first-order valence-corrected chi connectivity index (χ1v) is 7.79. The Morgan fingerprint density at radius 2 is 2.05 bits per heavy atom. The van der Waals surface area contributed by atoms with E-state index in [1.807, 2.05) is 0 Å². The Bertz CT molecular complexity index is 290. The van der Waals surface area contributed by atoms with E-state index in [2.05, 4.69) is 12.2 Å². The van der Waals surface area contributed by atoms with E-state index in [0.717, 1.165) is 51.9 Å². The Balaban J connectivity index is 1.79. The van der Waals surface area contributed by atoms with E-state index in [1.54, 1.807) is 0 Å². The summed E-state index contributed by atoms with van der Waals surface area (Å²) < 4.78 is 5.37. The van der Waals surface area contributed by atoms with Gasteiger partial charge in [-0.1, -0.05) is 6.42 Å². The molecule has 4 heteroatoms. The first-order valence-electron chi connectivity index (χ1n) is 7.79. The Morgan fingerprint density at radius 3 is 2.74 bits per heavy atom. The molecule has 2 aliphatic rings. The Hall–Kier alpha value is -0.610. The molecule has 1 amide bonds. The van der Waals surface area contributed by atoms with Crippen LogP contribution in [0.25, 0.3) is 0 Å². The molecule has 1 aliphatic carbocycles. The number of nitrogens with two attached hydrogens (primary N) is 1. The minimum atomic E-state index is 0.185. The predicted molar refractivity (Wildman–Crippen MR) is 75.7 cm³/mol. The van der Waals surface area contributed by atoms with Gasteiger partial charge in [-0.3, -0.25) is 4.79 Å². The van der Waals surface area contributed by atoms with Gasteiger partial charge in [0.15, 0.2) is 0 Å². The van der Waals surface area contributed by atoms with E-state index < -0.39 is 0 Å². The summed E-state index contributed by atoms with van der Waals surface area (Å²) in [5, 5.41) is 3.23. The summed E-state index contributed by atoms with van der Waals surface area (Å²) in [6, 6.07) is 0.273. The van der Waals surface area contributed by atoms with Crippen LogP contribution in [0.15, 0.2) is 0 Å². The molecular formula is C15H28N2O2. The van der Waals surface area contributed by atoms with Crippen LogP contribution in [0, 0.1) is 17.8 Å². The van der Waals surface area contributed by atoms with E-state index in [0.29, 0.717) is 11.8 Å². The molecule has 0 aromatic carbocycles. The van der Waals surface area contributed by atoms with Crippen molar-refractivity contribution in [1.29, 1.82) is 0 Å². The van der Waals surface area contributed by atoms with Gasteiger partial charge in [-0.25, -0.2) is 0 Å². The van der Waals surface area contributed by atoms with Crippen LogP contribution >= 0.6 is 0 Å². The first-order chi connectivity index (χ1) is 9.20. The summed E-state index contributed by atoms with van der Waals surface area (Å²) in [6.45, 7) is 4.53. The van der Waals surface area contributed by atoms with E-state index in [1.165, 1.54) is 6.42 Å². The Labute approximate surface area is 116 Å². The lowest BCUT2D eigenvalue weighted by atomic mass is 9.80. The molecule has 1 saturated carbocycles. The summed E-state index contributed by atoms with van der Waals surface area (Å²) >= 11 is 0.